The van der Waals surface area contributed by atoms with Gasteiger partial charge in [0.25, 0.3) is 0 Å². The largest absolute Gasteiger partial charge is 0.408 e. The van der Waals surface area contributed by atoms with Gasteiger partial charge in [0.1, 0.15) is 0 Å². The Morgan fingerprint density at radius 1 is 1.00 bits per heavy atom. The summed E-state index contributed by atoms with van der Waals surface area (Å²) in [6, 6.07) is 0.891. The first-order valence-electron chi connectivity index (χ1n) is 2.66. The van der Waals surface area contributed by atoms with Crippen LogP contribution >= 0.6 is 0 Å². The molecular formula is C6H4F3NO. The van der Waals surface area contributed by atoms with Crippen LogP contribution in [-0.2, 0) is 0 Å². The molecule has 60 valence electrons. The van der Waals surface area contributed by atoms with Crippen molar-refractivity contribution < 1.29 is 18.0 Å². The third-order valence-corrected chi connectivity index (χ3v) is 1.10. The number of hydrogen-bond acceptors (Lipinski definition) is 2. The van der Waals surface area contributed by atoms with Gasteiger partial charge in [0.2, 0.25) is 0 Å². The smallest absolute Gasteiger partial charge is 0.185 e. The average Bonchev–Trinajstić information content (AvgIpc) is 1.97. The Morgan fingerprint density at radius 2 is 1.55 bits per heavy atom. The Balaban J connectivity index is 3.21. The summed E-state index contributed by atoms with van der Waals surface area (Å²) in [5.41, 5.74) is 0. The van der Waals surface area contributed by atoms with Gasteiger partial charge in [-0.25, -0.2) is 13.2 Å². The van der Waals surface area contributed by atoms with Crippen molar-refractivity contribution >= 4 is 0 Å². The molecule has 0 bridgehead atoms. The van der Waals surface area contributed by atoms with E-state index in [0.717, 1.165) is 0 Å². The van der Waals surface area contributed by atoms with Crippen LogP contribution in [0.25, 0.3) is 0 Å². The molecule has 0 unspecified atom stereocenters. The minimum absolute atomic E-state index is 0.359. The molecule has 2 nitrogen and oxygen atoms in total. The molecule has 0 atom stereocenters. The topological polar surface area (TPSA) is 35.2 Å². The van der Waals surface area contributed by atoms with Crippen molar-refractivity contribution in [2.24, 2.45) is 5.90 Å². The van der Waals surface area contributed by atoms with Gasteiger partial charge in [-0.15, -0.1) is 0 Å². The molecule has 0 spiro atoms. The molecule has 0 aromatic heterocycles. The number of nitrogens with two attached hydrogens (primary N) is 1. The van der Waals surface area contributed by atoms with E-state index < -0.39 is 23.2 Å². The second kappa shape index (κ2) is 2.79. The zero-order valence-corrected chi connectivity index (χ0v) is 5.27. The molecule has 0 aliphatic heterocycles. The van der Waals surface area contributed by atoms with Gasteiger partial charge in [-0.2, -0.15) is 5.90 Å². The molecule has 0 fully saturated rings. The summed E-state index contributed by atoms with van der Waals surface area (Å²) < 4.78 is 36.9. The lowest BCUT2D eigenvalue weighted by atomic mass is 10.3. The summed E-state index contributed by atoms with van der Waals surface area (Å²) in [5, 5.41) is 0. The third-order valence-electron chi connectivity index (χ3n) is 1.10. The number of benzene rings is 1. The quantitative estimate of drug-likeness (QED) is 0.501. The first-order valence-corrected chi connectivity index (χ1v) is 2.66. The molecule has 0 saturated carbocycles. The summed E-state index contributed by atoms with van der Waals surface area (Å²) in [7, 11) is 0. The van der Waals surface area contributed by atoms with Gasteiger partial charge >= 0.3 is 0 Å². The fraction of sp³-hybridized carbons (Fsp3) is 0. The van der Waals surface area contributed by atoms with Crippen molar-refractivity contribution in [2.75, 3.05) is 0 Å². The Bertz CT molecular complexity index is 277. The Labute approximate surface area is 60.3 Å². The van der Waals surface area contributed by atoms with Crippen LogP contribution in [0.2, 0.25) is 0 Å². The molecule has 0 aliphatic carbocycles. The van der Waals surface area contributed by atoms with Crippen LogP contribution in [0, 0.1) is 17.5 Å². The van der Waals surface area contributed by atoms with Crippen molar-refractivity contribution in [3.8, 4) is 5.75 Å². The summed E-state index contributed by atoms with van der Waals surface area (Å²) in [5.74, 6) is 0.504. The Kier molecular flexibility index (Phi) is 2.00. The molecule has 0 amide bonds. The van der Waals surface area contributed by atoms with Crippen molar-refractivity contribution in [1.82, 2.24) is 0 Å². The van der Waals surface area contributed by atoms with E-state index in [4.69, 9.17) is 0 Å². The van der Waals surface area contributed by atoms with Gasteiger partial charge < -0.3 is 4.84 Å². The van der Waals surface area contributed by atoms with Crippen LogP contribution in [0.15, 0.2) is 12.1 Å². The van der Waals surface area contributed by atoms with Crippen LogP contribution in [0.3, 0.4) is 0 Å². The highest BCUT2D eigenvalue weighted by molar-refractivity contribution is 5.25. The molecule has 5 heteroatoms. The van der Waals surface area contributed by atoms with Gasteiger partial charge in [0, 0.05) is 12.1 Å². The lowest BCUT2D eigenvalue weighted by Gasteiger charge is -1.99. The highest BCUT2D eigenvalue weighted by Crippen LogP contribution is 2.19. The second-order valence-corrected chi connectivity index (χ2v) is 1.81. The van der Waals surface area contributed by atoms with E-state index in [9.17, 15) is 13.2 Å². The summed E-state index contributed by atoms with van der Waals surface area (Å²) in [4.78, 5) is 3.90. The van der Waals surface area contributed by atoms with Crippen molar-refractivity contribution in [2.45, 2.75) is 0 Å². The van der Waals surface area contributed by atoms with Crippen LogP contribution in [0.1, 0.15) is 0 Å². The van der Waals surface area contributed by atoms with Gasteiger partial charge in [0.05, 0.1) is 0 Å². The van der Waals surface area contributed by atoms with E-state index in [1.165, 1.54) is 0 Å². The summed E-state index contributed by atoms with van der Waals surface area (Å²) in [6.07, 6.45) is 0. The second-order valence-electron chi connectivity index (χ2n) is 1.81. The SMILES string of the molecule is NOc1cc(F)c(F)cc1F. The van der Waals surface area contributed by atoms with Crippen LogP contribution in [-0.4, -0.2) is 0 Å². The molecule has 0 heterocycles. The molecule has 0 saturated heterocycles. The minimum atomic E-state index is -1.27. The number of halogens is 3. The van der Waals surface area contributed by atoms with Crippen molar-refractivity contribution in [3.63, 3.8) is 0 Å². The lowest BCUT2D eigenvalue weighted by Crippen LogP contribution is -2.04. The molecule has 11 heavy (non-hydrogen) atoms. The maximum atomic E-state index is 12.4. The molecule has 1 aromatic carbocycles. The van der Waals surface area contributed by atoms with E-state index in [-0.39, 0.29) is 0 Å². The van der Waals surface area contributed by atoms with Gasteiger partial charge in [-0.1, -0.05) is 0 Å². The lowest BCUT2D eigenvalue weighted by molar-refractivity contribution is 0.310. The van der Waals surface area contributed by atoms with Crippen molar-refractivity contribution in [3.05, 3.63) is 29.6 Å². The molecule has 0 radical (unpaired) electrons. The fourth-order valence-electron chi connectivity index (χ4n) is 0.595. The first kappa shape index (κ1) is 7.87. The Morgan fingerprint density at radius 3 is 2.09 bits per heavy atom. The highest BCUT2D eigenvalue weighted by Gasteiger charge is 2.09. The average molecular weight is 163 g/mol. The molecule has 1 rings (SSSR count). The monoisotopic (exact) mass is 163 g/mol. The summed E-state index contributed by atoms with van der Waals surface area (Å²) in [6.45, 7) is 0. The van der Waals surface area contributed by atoms with Gasteiger partial charge in [-0.3, -0.25) is 0 Å². The van der Waals surface area contributed by atoms with Crippen molar-refractivity contribution in [1.29, 1.82) is 0 Å². The number of rotatable bonds is 1. The molecule has 1 aromatic rings. The minimum Gasteiger partial charge on any atom is -0.408 e. The van der Waals surface area contributed by atoms with E-state index in [2.05, 4.69) is 10.7 Å². The number of hydrogen-bond donors (Lipinski definition) is 1. The van der Waals surface area contributed by atoms with E-state index >= 15 is 0 Å². The maximum Gasteiger partial charge on any atom is 0.185 e. The first-order chi connectivity index (χ1) is 5.15. The fourth-order valence-corrected chi connectivity index (χ4v) is 0.595. The highest BCUT2D eigenvalue weighted by atomic mass is 19.2. The molecule has 2 N–H and O–H groups in total. The predicted molar refractivity (Wildman–Crippen MR) is 31.1 cm³/mol. The Hall–Kier alpha value is -1.23. The standard InChI is InChI=1S/C6H4F3NO/c7-3-1-5(9)6(11-10)2-4(3)8/h1-2H,10H2. The third kappa shape index (κ3) is 1.43. The van der Waals surface area contributed by atoms with Gasteiger partial charge in [0.15, 0.2) is 23.2 Å². The van der Waals surface area contributed by atoms with Crippen LogP contribution in [0.5, 0.6) is 5.75 Å². The van der Waals surface area contributed by atoms with E-state index in [0.29, 0.717) is 12.1 Å². The van der Waals surface area contributed by atoms with Crippen LogP contribution < -0.4 is 10.7 Å². The molecule has 0 aliphatic rings. The zero-order valence-electron chi connectivity index (χ0n) is 5.27. The van der Waals surface area contributed by atoms with E-state index in [1.807, 2.05) is 0 Å². The molecular weight excluding hydrogens is 159 g/mol. The normalized spacial score (nSPS) is 9.82. The summed E-state index contributed by atoms with van der Waals surface area (Å²) >= 11 is 0. The van der Waals surface area contributed by atoms with E-state index in [1.54, 1.807) is 0 Å². The zero-order chi connectivity index (χ0) is 8.43. The maximum absolute atomic E-state index is 12.4. The predicted octanol–water partition coefficient (Wildman–Crippen LogP) is 1.36. The van der Waals surface area contributed by atoms with Crippen LogP contribution in [0.4, 0.5) is 13.2 Å². The van der Waals surface area contributed by atoms with Gasteiger partial charge in [-0.05, 0) is 0 Å².